The zero-order valence-electron chi connectivity index (χ0n) is 10.4. The van der Waals surface area contributed by atoms with E-state index in [1.54, 1.807) is 0 Å². The molecule has 0 saturated carbocycles. The Labute approximate surface area is 127 Å². The van der Waals surface area contributed by atoms with Crippen LogP contribution in [0.5, 0.6) is 0 Å². The molecule has 0 radical (unpaired) electrons. The number of nitrogens with one attached hydrogen (secondary N) is 1. The maximum Gasteiger partial charge on any atom is 0.0577 e. The normalized spacial score (nSPS) is 12.4. The Morgan fingerprint density at radius 1 is 1.00 bits per heavy atom. The summed E-state index contributed by atoms with van der Waals surface area (Å²) in [6.07, 6.45) is 0. The summed E-state index contributed by atoms with van der Waals surface area (Å²) in [7, 11) is 0. The molecule has 2 nitrogen and oxygen atoms in total. The van der Waals surface area contributed by atoms with Gasteiger partial charge in [0, 0.05) is 22.6 Å². The van der Waals surface area contributed by atoms with Gasteiger partial charge in [-0.3, -0.25) is 0 Å². The van der Waals surface area contributed by atoms with Crippen molar-refractivity contribution < 1.29 is 0 Å². The molecular weight excluding hydrogens is 324 g/mol. The molecule has 0 saturated heterocycles. The minimum absolute atomic E-state index is 0.133. The van der Waals surface area contributed by atoms with Gasteiger partial charge in [0.15, 0.2) is 0 Å². The molecule has 4 heteroatoms. The molecule has 0 aliphatic rings. The van der Waals surface area contributed by atoms with Gasteiger partial charge in [0.2, 0.25) is 0 Å². The van der Waals surface area contributed by atoms with Crippen LogP contribution >= 0.6 is 27.5 Å². The van der Waals surface area contributed by atoms with E-state index in [1.807, 2.05) is 36.4 Å². The first-order valence-corrected chi connectivity index (χ1v) is 7.32. The van der Waals surface area contributed by atoms with Gasteiger partial charge in [-0.05, 0) is 35.4 Å². The van der Waals surface area contributed by atoms with Crippen molar-refractivity contribution in [3.8, 4) is 0 Å². The van der Waals surface area contributed by atoms with Gasteiger partial charge in [0.05, 0.1) is 6.04 Å². The lowest BCUT2D eigenvalue weighted by Gasteiger charge is -2.19. The first-order chi connectivity index (χ1) is 9.20. The largest absolute Gasteiger partial charge is 0.329 e. The van der Waals surface area contributed by atoms with Crippen molar-refractivity contribution in [1.82, 2.24) is 5.32 Å². The standard InChI is InChI=1S/C15H16BrClN2/c16-13-5-1-11(2-6-13)15(19-10-9-18)12-3-7-14(17)8-4-12/h1-8,15,19H,9-10,18H2/t15-/m1/s1. The molecule has 2 rings (SSSR count). The van der Waals surface area contributed by atoms with Gasteiger partial charge in [-0.1, -0.05) is 51.8 Å². The Morgan fingerprint density at radius 2 is 1.53 bits per heavy atom. The SMILES string of the molecule is NCCN[C@@H](c1ccc(Cl)cc1)c1ccc(Br)cc1. The average Bonchev–Trinajstić information content (AvgIpc) is 2.43. The molecule has 100 valence electrons. The minimum Gasteiger partial charge on any atom is -0.329 e. The van der Waals surface area contributed by atoms with Gasteiger partial charge < -0.3 is 11.1 Å². The summed E-state index contributed by atoms with van der Waals surface area (Å²) in [4.78, 5) is 0. The van der Waals surface area contributed by atoms with Crippen molar-refractivity contribution >= 4 is 27.5 Å². The van der Waals surface area contributed by atoms with Crippen LogP contribution in [-0.4, -0.2) is 13.1 Å². The highest BCUT2D eigenvalue weighted by molar-refractivity contribution is 9.10. The monoisotopic (exact) mass is 338 g/mol. The number of rotatable bonds is 5. The fourth-order valence-electron chi connectivity index (χ4n) is 1.97. The van der Waals surface area contributed by atoms with E-state index in [0.717, 1.165) is 16.0 Å². The smallest absolute Gasteiger partial charge is 0.0577 e. The molecule has 0 amide bonds. The van der Waals surface area contributed by atoms with Gasteiger partial charge in [-0.2, -0.15) is 0 Å². The predicted octanol–water partition coefficient (Wildman–Crippen LogP) is 3.74. The number of hydrogen-bond acceptors (Lipinski definition) is 2. The van der Waals surface area contributed by atoms with Crippen LogP contribution < -0.4 is 11.1 Å². The molecule has 0 spiro atoms. The lowest BCUT2D eigenvalue weighted by Crippen LogP contribution is -2.28. The summed E-state index contributed by atoms with van der Waals surface area (Å²) < 4.78 is 1.07. The molecule has 0 bridgehead atoms. The van der Waals surface area contributed by atoms with E-state index in [1.165, 1.54) is 11.1 Å². The molecule has 19 heavy (non-hydrogen) atoms. The van der Waals surface area contributed by atoms with Gasteiger partial charge >= 0.3 is 0 Å². The maximum atomic E-state index is 5.94. The fourth-order valence-corrected chi connectivity index (χ4v) is 2.36. The third-order valence-corrected chi connectivity index (χ3v) is 3.68. The second kappa shape index (κ2) is 7.06. The predicted molar refractivity (Wildman–Crippen MR) is 84.5 cm³/mol. The summed E-state index contributed by atoms with van der Waals surface area (Å²) in [5.74, 6) is 0. The third-order valence-electron chi connectivity index (χ3n) is 2.90. The Kier molecular flexibility index (Phi) is 5.40. The zero-order valence-corrected chi connectivity index (χ0v) is 12.8. The number of hydrogen-bond donors (Lipinski definition) is 2. The fraction of sp³-hybridized carbons (Fsp3) is 0.200. The molecule has 0 aliphatic carbocycles. The van der Waals surface area contributed by atoms with Crippen LogP contribution in [0.1, 0.15) is 17.2 Å². The molecule has 3 N–H and O–H groups in total. The van der Waals surface area contributed by atoms with Gasteiger partial charge in [0.1, 0.15) is 0 Å². The Balaban J connectivity index is 2.29. The highest BCUT2D eigenvalue weighted by atomic mass is 79.9. The van der Waals surface area contributed by atoms with Crippen molar-refractivity contribution in [2.45, 2.75) is 6.04 Å². The van der Waals surface area contributed by atoms with Crippen molar-refractivity contribution in [3.05, 3.63) is 69.2 Å². The van der Waals surface area contributed by atoms with Crippen molar-refractivity contribution in [1.29, 1.82) is 0 Å². The first kappa shape index (κ1) is 14.5. The summed E-state index contributed by atoms with van der Waals surface area (Å²) in [6.45, 7) is 1.38. The van der Waals surface area contributed by atoms with Crippen molar-refractivity contribution in [2.75, 3.05) is 13.1 Å². The summed E-state index contributed by atoms with van der Waals surface area (Å²) in [5.41, 5.74) is 7.98. The Morgan fingerprint density at radius 3 is 2.05 bits per heavy atom. The van der Waals surface area contributed by atoms with Gasteiger partial charge in [-0.15, -0.1) is 0 Å². The first-order valence-electron chi connectivity index (χ1n) is 6.15. The molecule has 2 aromatic carbocycles. The highest BCUT2D eigenvalue weighted by Gasteiger charge is 2.12. The summed E-state index contributed by atoms with van der Waals surface area (Å²) >= 11 is 9.40. The molecule has 1 atom stereocenters. The molecule has 0 aromatic heterocycles. The second-order valence-electron chi connectivity index (χ2n) is 4.28. The molecular formula is C15H16BrClN2. The van der Waals surface area contributed by atoms with Crippen LogP contribution in [0.3, 0.4) is 0 Å². The van der Waals surface area contributed by atoms with Gasteiger partial charge in [0.25, 0.3) is 0 Å². The lowest BCUT2D eigenvalue weighted by molar-refractivity contribution is 0.612. The van der Waals surface area contributed by atoms with E-state index in [0.29, 0.717) is 6.54 Å². The second-order valence-corrected chi connectivity index (χ2v) is 5.63. The van der Waals surface area contributed by atoms with Gasteiger partial charge in [-0.25, -0.2) is 0 Å². The van der Waals surface area contributed by atoms with Crippen molar-refractivity contribution in [3.63, 3.8) is 0 Å². The van der Waals surface area contributed by atoms with E-state index in [-0.39, 0.29) is 6.04 Å². The van der Waals surface area contributed by atoms with E-state index >= 15 is 0 Å². The quantitative estimate of drug-likeness (QED) is 0.871. The molecule has 0 heterocycles. The highest BCUT2D eigenvalue weighted by Crippen LogP contribution is 2.24. The Bertz CT molecular complexity index is 465. The number of halogens is 2. The summed E-state index contributed by atoms with van der Waals surface area (Å²) in [5, 5.41) is 4.20. The average molecular weight is 340 g/mol. The van der Waals surface area contributed by atoms with Crippen LogP contribution in [0.15, 0.2) is 53.0 Å². The van der Waals surface area contributed by atoms with Crippen LogP contribution in [0, 0.1) is 0 Å². The lowest BCUT2D eigenvalue weighted by atomic mass is 9.99. The molecule has 0 unspecified atom stereocenters. The van der Waals surface area contributed by atoms with Crippen LogP contribution in [0.4, 0.5) is 0 Å². The van der Waals surface area contributed by atoms with E-state index < -0.39 is 0 Å². The van der Waals surface area contributed by atoms with Crippen LogP contribution in [0.2, 0.25) is 5.02 Å². The van der Waals surface area contributed by atoms with Crippen molar-refractivity contribution in [2.24, 2.45) is 5.73 Å². The molecule has 2 aromatic rings. The Hall–Kier alpha value is -0.870. The topological polar surface area (TPSA) is 38.0 Å². The van der Waals surface area contributed by atoms with E-state index in [2.05, 4.69) is 33.4 Å². The zero-order chi connectivity index (χ0) is 13.7. The van der Waals surface area contributed by atoms with Crippen LogP contribution in [-0.2, 0) is 0 Å². The third kappa shape index (κ3) is 4.05. The van der Waals surface area contributed by atoms with Crippen LogP contribution in [0.25, 0.3) is 0 Å². The number of benzene rings is 2. The summed E-state index contributed by atoms with van der Waals surface area (Å²) in [6, 6.07) is 16.3. The number of nitrogens with two attached hydrogens (primary N) is 1. The molecule has 0 aliphatic heterocycles. The minimum atomic E-state index is 0.133. The molecule has 0 fully saturated rings. The van der Waals surface area contributed by atoms with E-state index in [9.17, 15) is 0 Å². The van der Waals surface area contributed by atoms with E-state index in [4.69, 9.17) is 17.3 Å². The maximum absolute atomic E-state index is 5.94.